The summed E-state index contributed by atoms with van der Waals surface area (Å²) >= 11 is 0. The molecule has 0 fully saturated rings. The number of nitrogens with one attached hydrogen (secondary N) is 1. The molecule has 1 heterocycles. The van der Waals surface area contributed by atoms with Crippen molar-refractivity contribution < 1.29 is 14.0 Å². The van der Waals surface area contributed by atoms with E-state index in [1.54, 1.807) is 14.2 Å². The Morgan fingerprint density at radius 1 is 1.21 bits per heavy atom. The lowest BCUT2D eigenvalue weighted by Gasteiger charge is -2.07. The normalized spacial score (nSPS) is 10.5. The van der Waals surface area contributed by atoms with Crippen molar-refractivity contribution in [1.82, 2.24) is 15.5 Å². The molecular weight excluding hydrogens is 246 g/mol. The summed E-state index contributed by atoms with van der Waals surface area (Å²) in [7, 11) is 5.07. The van der Waals surface area contributed by atoms with Crippen molar-refractivity contribution >= 4 is 0 Å². The van der Waals surface area contributed by atoms with Gasteiger partial charge in [0, 0.05) is 18.5 Å². The van der Waals surface area contributed by atoms with Gasteiger partial charge in [-0.1, -0.05) is 5.16 Å². The molecule has 0 bridgehead atoms. The van der Waals surface area contributed by atoms with Crippen molar-refractivity contribution in [3.8, 4) is 23.0 Å². The van der Waals surface area contributed by atoms with Crippen LogP contribution in [0.4, 0.5) is 0 Å². The van der Waals surface area contributed by atoms with Crippen LogP contribution in [0.1, 0.15) is 5.82 Å². The highest BCUT2D eigenvalue weighted by molar-refractivity contribution is 5.59. The topological polar surface area (TPSA) is 69.4 Å². The lowest BCUT2D eigenvalue weighted by atomic mass is 10.2. The molecule has 0 aliphatic carbocycles. The molecule has 1 aromatic heterocycles. The third-order valence-corrected chi connectivity index (χ3v) is 2.70. The fourth-order valence-electron chi connectivity index (χ4n) is 1.68. The average Bonchev–Trinajstić information content (AvgIpc) is 2.93. The fraction of sp³-hybridized carbons (Fsp3) is 0.385. The van der Waals surface area contributed by atoms with Gasteiger partial charge >= 0.3 is 0 Å². The number of hydrogen-bond donors (Lipinski definition) is 1. The number of rotatable bonds is 6. The van der Waals surface area contributed by atoms with Crippen LogP contribution in [-0.2, 0) is 6.42 Å². The fourth-order valence-corrected chi connectivity index (χ4v) is 1.68. The Labute approximate surface area is 111 Å². The summed E-state index contributed by atoms with van der Waals surface area (Å²) in [5, 5.41) is 6.97. The lowest BCUT2D eigenvalue weighted by molar-refractivity contribution is 0.355. The molecular formula is C13H17N3O3. The highest BCUT2D eigenvalue weighted by Crippen LogP contribution is 2.31. The van der Waals surface area contributed by atoms with E-state index in [4.69, 9.17) is 14.0 Å². The van der Waals surface area contributed by atoms with Gasteiger partial charge in [0.05, 0.1) is 14.2 Å². The van der Waals surface area contributed by atoms with Crippen LogP contribution in [0.3, 0.4) is 0 Å². The number of nitrogens with zero attached hydrogens (tertiary/aromatic N) is 2. The Hall–Kier alpha value is -2.08. The summed E-state index contributed by atoms with van der Waals surface area (Å²) in [6.07, 6.45) is 0.729. The molecule has 0 amide bonds. The zero-order chi connectivity index (χ0) is 13.7. The van der Waals surface area contributed by atoms with Crippen molar-refractivity contribution in [1.29, 1.82) is 0 Å². The van der Waals surface area contributed by atoms with Crippen molar-refractivity contribution in [2.45, 2.75) is 6.42 Å². The molecule has 0 unspecified atom stereocenters. The number of aromatic nitrogens is 2. The number of benzene rings is 1. The molecule has 1 aromatic carbocycles. The highest BCUT2D eigenvalue weighted by Gasteiger charge is 2.12. The summed E-state index contributed by atoms with van der Waals surface area (Å²) in [6, 6.07) is 5.48. The minimum atomic E-state index is 0.479. The van der Waals surface area contributed by atoms with Crippen LogP contribution in [-0.4, -0.2) is 38.0 Å². The highest BCUT2D eigenvalue weighted by atomic mass is 16.5. The Bertz CT molecular complexity index is 540. The standard InChI is InChI=1S/C13H17N3O3/c1-14-7-6-12-15-13(19-16-12)9-4-5-10(17-2)11(8-9)18-3/h4-5,8,14H,6-7H2,1-3H3. The zero-order valence-corrected chi connectivity index (χ0v) is 11.3. The third kappa shape index (κ3) is 3.03. The quantitative estimate of drug-likeness (QED) is 0.852. The van der Waals surface area contributed by atoms with E-state index in [1.807, 2.05) is 25.2 Å². The maximum atomic E-state index is 5.25. The molecule has 1 N–H and O–H groups in total. The van der Waals surface area contributed by atoms with Gasteiger partial charge in [-0.3, -0.25) is 0 Å². The summed E-state index contributed by atoms with van der Waals surface area (Å²) in [5.74, 6) is 2.46. The van der Waals surface area contributed by atoms with Gasteiger partial charge in [0.2, 0.25) is 0 Å². The van der Waals surface area contributed by atoms with E-state index in [-0.39, 0.29) is 0 Å². The van der Waals surface area contributed by atoms with Gasteiger partial charge in [0.25, 0.3) is 5.89 Å². The molecule has 0 spiro atoms. The first kappa shape index (κ1) is 13.4. The van der Waals surface area contributed by atoms with Crippen LogP contribution >= 0.6 is 0 Å². The van der Waals surface area contributed by atoms with Crippen LogP contribution in [0.25, 0.3) is 11.5 Å². The van der Waals surface area contributed by atoms with Crippen molar-refractivity contribution in [2.75, 3.05) is 27.8 Å². The molecule has 0 saturated carbocycles. The Balaban J connectivity index is 2.23. The maximum absolute atomic E-state index is 5.25. The van der Waals surface area contributed by atoms with Crippen LogP contribution in [0.2, 0.25) is 0 Å². The first-order valence-electron chi connectivity index (χ1n) is 5.98. The average molecular weight is 263 g/mol. The monoisotopic (exact) mass is 263 g/mol. The molecule has 0 radical (unpaired) electrons. The van der Waals surface area contributed by atoms with Crippen LogP contribution < -0.4 is 14.8 Å². The lowest BCUT2D eigenvalue weighted by Crippen LogP contribution is -2.10. The summed E-state index contributed by atoms with van der Waals surface area (Å²) in [4.78, 5) is 4.33. The zero-order valence-electron chi connectivity index (χ0n) is 11.3. The van der Waals surface area contributed by atoms with Gasteiger partial charge in [-0.25, -0.2) is 0 Å². The van der Waals surface area contributed by atoms with Crippen molar-refractivity contribution in [3.63, 3.8) is 0 Å². The molecule has 6 nitrogen and oxygen atoms in total. The van der Waals surface area contributed by atoms with E-state index >= 15 is 0 Å². The number of ether oxygens (including phenoxy) is 2. The minimum Gasteiger partial charge on any atom is -0.493 e. The maximum Gasteiger partial charge on any atom is 0.258 e. The first-order valence-corrected chi connectivity index (χ1v) is 5.98. The predicted molar refractivity (Wildman–Crippen MR) is 70.5 cm³/mol. The molecule has 0 aliphatic rings. The largest absolute Gasteiger partial charge is 0.493 e. The van der Waals surface area contributed by atoms with E-state index in [9.17, 15) is 0 Å². The minimum absolute atomic E-state index is 0.479. The first-order chi connectivity index (χ1) is 9.28. The molecule has 0 atom stereocenters. The molecule has 2 aromatic rings. The van der Waals surface area contributed by atoms with Gasteiger partial charge in [0.1, 0.15) is 0 Å². The smallest absolute Gasteiger partial charge is 0.258 e. The van der Waals surface area contributed by atoms with Gasteiger partial charge < -0.3 is 19.3 Å². The number of methoxy groups -OCH3 is 2. The molecule has 102 valence electrons. The van der Waals surface area contributed by atoms with Crippen LogP contribution in [0.5, 0.6) is 11.5 Å². The number of likely N-dealkylation sites (N-methyl/N-ethyl adjacent to an activating group) is 1. The third-order valence-electron chi connectivity index (χ3n) is 2.70. The second-order valence-corrected chi connectivity index (χ2v) is 3.94. The van der Waals surface area contributed by atoms with E-state index in [1.165, 1.54) is 0 Å². The molecule has 19 heavy (non-hydrogen) atoms. The summed E-state index contributed by atoms with van der Waals surface area (Å²) in [6.45, 7) is 0.810. The second kappa shape index (κ2) is 6.19. The van der Waals surface area contributed by atoms with Crippen LogP contribution in [0.15, 0.2) is 22.7 Å². The van der Waals surface area contributed by atoms with E-state index in [2.05, 4.69) is 15.5 Å². The molecule has 2 rings (SSSR count). The van der Waals surface area contributed by atoms with E-state index < -0.39 is 0 Å². The van der Waals surface area contributed by atoms with Gasteiger partial charge in [-0.2, -0.15) is 4.98 Å². The summed E-state index contributed by atoms with van der Waals surface area (Å²) < 4.78 is 15.7. The Morgan fingerprint density at radius 2 is 2.00 bits per heavy atom. The van der Waals surface area contributed by atoms with Crippen molar-refractivity contribution in [3.05, 3.63) is 24.0 Å². The van der Waals surface area contributed by atoms with Crippen molar-refractivity contribution in [2.24, 2.45) is 0 Å². The molecule has 0 saturated heterocycles. The van der Waals surface area contributed by atoms with Crippen LogP contribution in [0, 0.1) is 0 Å². The van der Waals surface area contributed by atoms with Gasteiger partial charge in [0.15, 0.2) is 17.3 Å². The van der Waals surface area contributed by atoms with E-state index in [0.29, 0.717) is 23.2 Å². The Morgan fingerprint density at radius 3 is 2.68 bits per heavy atom. The Kier molecular flexibility index (Phi) is 4.35. The van der Waals surface area contributed by atoms with E-state index in [0.717, 1.165) is 18.5 Å². The molecule has 0 aliphatic heterocycles. The SMILES string of the molecule is CNCCc1noc(-c2ccc(OC)c(OC)c2)n1. The predicted octanol–water partition coefficient (Wildman–Crippen LogP) is 1.52. The number of hydrogen-bond acceptors (Lipinski definition) is 6. The van der Waals surface area contributed by atoms with Gasteiger partial charge in [-0.05, 0) is 25.2 Å². The van der Waals surface area contributed by atoms with Gasteiger partial charge in [-0.15, -0.1) is 0 Å². The molecule has 6 heteroatoms. The second-order valence-electron chi connectivity index (χ2n) is 3.94. The summed E-state index contributed by atoms with van der Waals surface area (Å²) in [5.41, 5.74) is 0.806.